The van der Waals surface area contributed by atoms with Crippen molar-refractivity contribution in [3.05, 3.63) is 47.5 Å². The number of methoxy groups -OCH3 is 2. The van der Waals surface area contributed by atoms with Crippen LogP contribution in [0.1, 0.15) is 21.6 Å². The average molecular weight is 521 g/mol. The smallest absolute Gasteiger partial charge is 0.408 e. The number of carbonyl (C=O) groups excluding carboxylic acids is 1. The summed E-state index contributed by atoms with van der Waals surface area (Å²) in [5, 5.41) is 3.73. The second-order valence-electron chi connectivity index (χ2n) is 8.23. The van der Waals surface area contributed by atoms with Gasteiger partial charge >= 0.3 is 6.18 Å². The van der Waals surface area contributed by atoms with Crippen molar-refractivity contribution in [1.82, 2.24) is 19.7 Å². The van der Waals surface area contributed by atoms with E-state index in [4.69, 9.17) is 18.9 Å². The Morgan fingerprint density at radius 2 is 1.86 bits per heavy atom. The normalized spacial score (nSPS) is 13.2. The molecule has 1 aliphatic rings. The number of fused-ring (bicyclic) bond motifs is 1. The molecule has 198 valence electrons. The van der Waals surface area contributed by atoms with Crippen LogP contribution in [0.15, 0.2) is 30.7 Å². The molecule has 0 atom stereocenters. The van der Waals surface area contributed by atoms with Gasteiger partial charge in [0, 0.05) is 25.1 Å². The number of anilines is 1. The van der Waals surface area contributed by atoms with Crippen LogP contribution >= 0.6 is 0 Å². The molecule has 0 N–H and O–H groups in total. The Morgan fingerprint density at radius 3 is 2.59 bits per heavy atom. The van der Waals surface area contributed by atoms with Gasteiger partial charge in [0.1, 0.15) is 13.2 Å². The predicted molar refractivity (Wildman–Crippen MR) is 126 cm³/mol. The molecule has 0 spiro atoms. The van der Waals surface area contributed by atoms with Gasteiger partial charge in [-0.1, -0.05) is 0 Å². The molecule has 37 heavy (non-hydrogen) atoms. The van der Waals surface area contributed by atoms with Crippen LogP contribution in [0.5, 0.6) is 11.6 Å². The first-order chi connectivity index (χ1) is 17.7. The van der Waals surface area contributed by atoms with E-state index < -0.39 is 12.7 Å². The number of rotatable bonds is 11. The molecule has 3 aromatic rings. The molecule has 10 nitrogen and oxygen atoms in total. The highest BCUT2D eigenvalue weighted by molar-refractivity contribution is 6.10. The number of hydrogen-bond donors (Lipinski definition) is 0. The highest BCUT2D eigenvalue weighted by Gasteiger charge is 2.34. The zero-order valence-corrected chi connectivity index (χ0v) is 20.5. The van der Waals surface area contributed by atoms with Crippen molar-refractivity contribution in [1.29, 1.82) is 0 Å². The molecular weight excluding hydrogens is 495 g/mol. The monoisotopic (exact) mass is 521 g/mol. The Bertz CT molecular complexity index is 1260. The van der Waals surface area contributed by atoms with Crippen molar-refractivity contribution in [3.8, 4) is 22.9 Å². The largest absolute Gasteiger partial charge is 0.491 e. The van der Waals surface area contributed by atoms with Gasteiger partial charge in [-0.3, -0.25) is 19.4 Å². The summed E-state index contributed by atoms with van der Waals surface area (Å²) in [6, 6.07) is 3.49. The van der Waals surface area contributed by atoms with Gasteiger partial charge in [0.2, 0.25) is 0 Å². The summed E-state index contributed by atoms with van der Waals surface area (Å²) in [4.78, 5) is 23.4. The summed E-state index contributed by atoms with van der Waals surface area (Å²) < 4.78 is 60.2. The molecule has 0 radical (unpaired) electrons. The molecule has 4 rings (SSSR count). The van der Waals surface area contributed by atoms with Crippen LogP contribution in [0.25, 0.3) is 11.3 Å². The number of aromatic nitrogens is 4. The maximum Gasteiger partial charge on any atom is 0.408 e. The minimum Gasteiger partial charge on any atom is -0.491 e. The lowest BCUT2D eigenvalue weighted by molar-refractivity contribution is -0.142. The molecule has 0 fully saturated rings. The van der Waals surface area contributed by atoms with Gasteiger partial charge in [-0.15, -0.1) is 0 Å². The van der Waals surface area contributed by atoms with Crippen LogP contribution in [-0.2, 0) is 22.6 Å². The summed E-state index contributed by atoms with van der Waals surface area (Å²) in [5.41, 5.74) is 3.10. The van der Waals surface area contributed by atoms with Crippen LogP contribution in [0.4, 0.5) is 18.9 Å². The minimum absolute atomic E-state index is 0.107. The van der Waals surface area contributed by atoms with Crippen molar-refractivity contribution >= 4 is 11.6 Å². The van der Waals surface area contributed by atoms with Gasteiger partial charge in [-0.2, -0.15) is 18.3 Å². The van der Waals surface area contributed by atoms with E-state index in [9.17, 15) is 18.0 Å². The summed E-state index contributed by atoms with van der Waals surface area (Å²) in [6.07, 6.45) is -0.388. The standard InChI is InChI=1S/C24H26F3N5O5/c1-15-8-18(16-9-20(35-3)22(28-10-16)37-7-6-36-5-4-34-2)30-19-13-32(23(33)21(15)19)17-11-29-31(12-17)14-24(25,26)27/h8-12H,4-7,13-14H2,1-3H3. The Hall–Kier alpha value is -3.71. The van der Waals surface area contributed by atoms with Crippen LogP contribution in [-0.4, -0.2) is 72.5 Å². The minimum atomic E-state index is -4.41. The van der Waals surface area contributed by atoms with Crippen molar-refractivity contribution in [3.63, 3.8) is 0 Å². The third-order valence-electron chi connectivity index (χ3n) is 5.56. The van der Waals surface area contributed by atoms with Crippen LogP contribution in [0.2, 0.25) is 0 Å². The fourth-order valence-corrected chi connectivity index (χ4v) is 3.89. The van der Waals surface area contributed by atoms with E-state index >= 15 is 0 Å². The van der Waals surface area contributed by atoms with Crippen LogP contribution in [0.3, 0.4) is 0 Å². The lowest BCUT2D eigenvalue weighted by Gasteiger charge is -2.12. The topological polar surface area (TPSA) is 101 Å². The van der Waals surface area contributed by atoms with Gasteiger partial charge in [0.25, 0.3) is 11.8 Å². The average Bonchev–Trinajstić information content (AvgIpc) is 3.44. The molecule has 0 unspecified atom stereocenters. The molecular formula is C24H26F3N5O5. The fraction of sp³-hybridized carbons (Fsp3) is 0.417. The van der Waals surface area contributed by atoms with E-state index in [0.29, 0.717) is 59.5 Å². The first kappa shape index (κ1) is 26.4. The lowest BCUT2D eigenvalue weighted by Crippen LogP contribution is -2.23. The maximum absolute atomic E-state index is 13.0. The van der Waals surface area contributed by atoms with E-state index in [1.165, 1.54) is 24.4 Å². The van der Waals surface area contributed by atoms with Gasteiger partial charge in [0.05, 0.1) is 62.3 Å². The fourth-order valence-electron chi connectivity index (χ4n) is 3.89. The zero-order chi connectivity index (χ0) is 26.6. The molecule has 0 saturated heterocycles. The first-order valence-electron chi connectivity index (χ1n) is 11.4. The maximum atomic E-state index is 13.0. The highest BCUT2D eigenvalue weighted by Crippen LogP contribution is 2.34. The van der Waals surface area contributed by atoms with Crippen molar-refractivity contribution in [2.24, 2.45) is 0 Å². The van der Waals surface area contributed by atoms with E-state index in [0.717, 1.165) is 4.68 Å². The number of aryl methyl sites for hydroxylation is 1. The predicted octanol–water partition coefficient (Wildman–Crippen LogP) is 3.42. The lowest BCUT2D eigenvalue weighted by atomic mass is 10.1. The number of halogens is 3. The molecule has 13 heteroatoms. The quantitative estimate of drug-likeness (QED) is 0.354. The molecule has 0 aliphatic carbocycles. The number of alkyl halides is 3. The van der Waals surface area contributed by atoms with Crippen molar-refractivity contribution < 1.29 is 36.9 Å². The second kappa shape index (κ2) is 11.1. The SMILES string of the molecule is COCCOCCOc1ncc(-c2cc(C)c3c(n2)CN(c2cnn(CC(F)(F)F)c2)C3=O)cc1OC. The van der Waals surface area contributed by atoms with Gasteiger partial charge < -0.3 is 18.9 Å². The summed E-state index contributed by atoms with van der Waals surface area (Å²) in [6.45, 7) is 2.25. The van der Waals surface area contributed by atoms with E-state index in [1.807, 2.05) is 0 Å². The number of pyridine rings is 2. The van der Waals surface area contributed by atoms with E-state index in [1.54, 1.807) is 32.4 Å². The third-order valence-corrected chi connectivity index (χ3v) is 5.56. The number of nitrogens with zero attached hydrogens (tertiary/aromatic N) is 5. The summed E-state index contributed by atoms with van der Waals surface area (Å²) in [5.74, 6) is 0.367. The molecule has 1 aliphatic heterocycles. The van der Waals surface area contributed by atoms with Crippen LogP contribution in [0, 0.1) is 6.92 Å². The third kappa shape index (κ3) is 6.17. The Morgan fingerprint density at radius 1 is 1.08 bits per heavy atom. The first-order valence-corrected chi connectivity index (χ1v) is 11.4. The molecule has 0 saturated carbocycles. The summed E-state index contributed by atoms with van der Waals surface area (Å²) >= 11 is 0. The summed E-state index contributed by atoms with van der Waals surface area (Å²) in [7, 11) is 3.10. The number of hydrogen-bond acceptors (Lipinski definition) is 8. The van der Waals surface area contributed by atoms with E-state index in [-0.39, 0.29) is 24.7 Å². The van der Waals surface area contributed by atoms with Crippen LogP contribution < -0.4 is 14.4 Å². The second-order valence-corrected chi connectivity index (χ2v) is 8.23. The number of amides is 1. The van der Waals surface area contributed by atoms with Gasteiger partial charge in [-0.25, -0.2) is 4.98 Å². The molecule has 4 heterocycles. The van der Waals surface area contributed by atoms with Crippen molar-refractivity contribution in [2.45, 2.75) is 26.2 Å². The highest BCUT2D eigenvalue weighted by atomic mass is 19.4. The molecule has 3 aromatic heterocycles. The Kier molecular flexibility index (Phi) is 7.93. The van der Waals surface area contributed by atoms with Gasteiger partial charge in [0.15, 0.2) is 5.75 Å². The number of carbonyl (C=O) groups is 1. The molecule has 0 bridgehead atoms. The van der Waals surface area contributed by atoms with E-state index in [2.05, 4.69) is 15.1 Å². The number of ether oxygens (including phenoxy) is 4. The van der Waals surface area contributed by atoms with Gasteiger partial charge in [-0.05, 0) is 24.6 Å². The Labute approximate surface area is 210 Å². The molecule has 0 aromatic carbocycles. The molecule has 1 amide bonds. The Balaban J connectivity index is 1.50. The van der Waals surface area contributed by atoms with Crippen molar-refractivity contribution in [2.75, 3.05) is 45.5 Å². The zero-order valence-electron chi connectivity index (χ0n) is 20.5.